The third-order valence-electron chi connectivity index (χ3n) is 9.53. The number of para-hydroxylation sites is 1. The van der Waals surface area contributed by atoms with E-state index in [4.69, 9.17) is 10.7 Å². The number of urea groups is 1. The molecule has 0 radical (unpaired) electrons. The van der Waals surface area contributed by atoms with Crippen LogP contribution in [0.3, 0.4) is 0 Å². The van der Waals surface area contributed by atoms with E-state index in [1.165, 1.54) is 57.2 Å². The Hall–Kier alpha value is -4.18. The van der Waals surface area contributed by atoms with Gasteiger partial charge in [0.05, 0.1) is 6.20 Å². The Labute approximate surface area is 260 Å². The molecule has 2 aliphatic heterocycles. The number of hydrogen-bond acceptors (Lipinski definition) is 7. The molecular formula is C34H44N8O2. The SMILES string of the molecule is CN(C(=O)NC1CCCN(c2cnc(C(N)=O)c(Nc3ccc(C4CCN(C5CCCC5)CC4)cc3)n2)C1)c1ccccc1. The van der Waals surface area contributed by atoms with Crippen molar-refractivity contribution in [3.63, 3.8) is 0 Å². The summed E-state index contributed by atoms with van der Waals surface area (Å²) in [7, 11) is 1.77. The topological polar surface area (TPSA) is 120 Å². The van der Waals surface area contributed by atoms with E-state index in [1.54, 1.807) is 18.1 Å². The normalized spacial score (nSPS) is 19.9. The third-order valence-corrected chi connectivity index (χ3v) is 9.53. The fraction of sp³-hybridized carbons (Fsp3) is 0.471. The van der Waals surface area contributed by atoms with E-state index in [0.29, 0.717) is 24.1 Å². The molecule has 3 amide bonds. The van der Waals surface area contributed by atoms with Crippen molar-refractivity contribution in [3.8, 4) is 0 Å². The van der Waals surface area contributed by atoms with Crippen LogP contribution in [0.4, 0.5) is 27.8 Å². The van der Waals surface area contributed by atoms with E-state index in [9.17, 15) is 9.59 Å². The lowest BCUT2D eigenvalue weighted by molar-refractivity contribution is 0.0996. The Morgan fingerprint density at radius 1 is 0.909 bits per heavy atom. The van der Waals surface area contributed by atoms with Crippen LogP contribution in [-0.2, 0) is 0 Å². The molecule has 10 nitrogen and oxygen atoms in total. The van der Waals surface area contributed by atoms with E-state index in [1.807, 2.05) is 42.5 Å². The summed E-state index contributed by atoms with van der Waals surface area (Å²) in [6, 6.07) is 18.6. The van der Waals surface area contributed by atoms with Crippen molar-refractivity contribution in [1.29, 1.82) is 0 Å². The molecule has 3 heterocycles. The summed E-state index contributed by atoms with van der Waals surface area (Å²) in [4.78, 5) is 40.8. The van der Waals surface area contributed by atoms with Crippen molar-refractivity contribution in [2.24, 2.45) is 5.73 Å². The number of benzene rings is 2. The maximum atomic E-state index is 12.9. The van der Waals surface area contributed by atoms with Crippen molar-refractivity contribution < 1.29 is 9.59 Å². The minimum atomic E-state index is -0.634. The molecule has 0 spiro atoms. The van der Waals surface area contributed by atoms with Crippen molar-refractivity contribution >= 4 is 34.9 Å². The zero-order chi connectivity index (χ0) is 30.5. The molecular weight excluding hydrogens is 552 g/mol. The van der Waals surface area contributed by atoms with Gasteiger partial charge in [-0.05, 0) is 87.4 Å². The number of anilines is 4. The summed E-state index contributed by atoms with van der Waals surface area (Å²) < 4.78 is 0. The lowest BCUT2D eigenvalue weighted by Crippen LogP contribution is -2.51. The van der Waals surface area contributed by atoms with Crippen LogP contribution in [-0.4, -0.2) is 72.1 Å². The summed E-state index contributed by atoms with van der Waals surface area (Å²) in [6.07, 6.45) is 11.2. The molecule has 1 unspecified atom stereocenters. The van der Waals surface area contributed by atoms with Gasteiger partial charge < -0.3 is 26.2 Å². The Kier molecular flexibility index (Phi) is 9.26. The molecule has 3 fully saturated rings. The molecule has 3 aliphatic rings. The molecule has 1 saturated carbocycles. The van der Waals surface area contributed by atoms with Crippen LogP contribution in [0.25, 0.3) is 0 Å². The average molecular weight is 597 g/mol. The zero-order valence-corrected chi connectivity index (χ0v) is 25.6. The second-order valence-corrected chi connectivity index (χ2v) is 12.4. The first kappa shape index (κ1) is 29.9. The summed E-state index contributed by atoms with van der Waals surface area (Å²) in [5.41, 5.74) is 8.80. The number of carbonyl (C=O) groups excluding carboxylic acids is 2. The van der Waals surface area contributed by atoms with Gasteiger partial charge in [0.2, 0.25) is 0 Å². The Morgan fingerprint density at radius 3 is 2.34 bits per heavy atom. The molecule has 0 bridgehead atoms. The predicted octanol–water partition coefficient (Wildman–Crippen LogP) is 5.26. The van der Waals surface area contributed by atoms with E-state index < -0.39 is 5.91 Å². The van der Waals surface area contributed by atoms with Gasteiger partial charge in [-0.2, -0.15) is 0 Å². The summed E-state index contributed by atoms with van der Waals surface area (Å²) >= 11 is 0. The summed E-state index contributed by atoms with van der Waals surface area (Å²) in [6.45, 7) is 3.74. The molecule has 232 valence electrons. The van der Waals surface area contributed by atoms with Crippen molar-refractivity contribution in [1.82, 2.24) is 20.2 Å². The number of likely N-dealkylation sites (tertiary alicyclic amines) is 1. The number of piperidine rings is 2. The number of aromatic nitrogens is 2. The average Bonchev–Trinajstić information content (AvgIpc) is 3.61. The highest BCUT2D eigenvalue weighted by Gasteiger charge is 2.28. The fourth-order valence-electron chi connectivity index (χ4n) is 6.99. The highest BCUT2D eigenvalue weighted by Crippen LogP contribution is 2.33. The van der Waals surface area contributed by atoms with Crippen molar-refractivity contribution in [3.05, 3.63) is 72.1 Å². The number of amides is 3. The monoisotopic (exact) mass is 596 g/mol. The van der Waals surface area contributed by atoms with Crippen LogP contribution in [0.5, 0.6) is 0 Å². The maximum absolute atomic E-state index is 12.9. The van der Waals surface area contributed by atoms with Gasteiger partial charge >= 0.3 is 6.03 Å². The molecule has 6 rings (SSSR count). The second kappa shape index (κ2) is 13.6. The van der Waals surface area contributed by atoms with Gasteiger partial charge in [0.25, 0.3) is 5.91 Å². The van der Waals surface area contributed by atoms with Crippen LogP contribution >= 0.6 is 0 Å². The highest BCUT2D eigenvalue weighted by atomic mass is 16.2. The van der Waals surface area contributed by atoms with Gasteiger partial charge in [0.15, 0.2) is 11.5 Å². The third kappa shape index (κ3) is 6.96. The molecule has 2 saturated heterocycles. The molecule has 1 aromatic heterocycles. The minimum Gasteiger partial charge on any atom is -0.364 e. The quantitative estimate of drug-likeness (QED) is 0.325. The summed E-state index contributed by atoms with van der Waals surface area (Å²) in [5, 5.41) is 6.45. The van der Waals surface area contributed by atoms with Gasteiger partial charge in [-0.25, -0.2) is 14.8 Å². The van der Waals surface area contributed by atoms with Gasteiger partial charge in [-0.1, -0.05) is 43.2 Å². The molecule has 3 aromatic rings. The van der Waals surface area contributed by atoms with E-state index in [-0.39, 0.29) is 17.8 Å². The van der Waals surface area contributed by atoms with E-state index in [0.717, 1.165) is 36.8 Å². The maximum Gasteiger partial charge on any atom is 0.321 e. The minimum absolute atomic E-state index is 0.0472. The van der Waals surface area contributed by atoms with Crippen LogP contribution < -0.4 is 26.2 Å². The van der Waals surface area contributed by atoms with E-state index >= 15 is 0 Å². The van der Waals surface area contributed by atoms with Gasteiger partial charge in [0, 0.05) is 43.6 Å². The van der Waals surface area contributed by atoms with Crippen LogP contribution in [0.2, 0.25) is 0 Å². The number of nitrogens with one attached hydrogen (secondary N) is 2. The number of carbonyl (C=O) groups is 2. The van der Waals surface area contributed by atoms with Crippen LogP contribution in [0.1, 0.15) is 73.3 Å². The van der Waals surface area contributed by atoms with Crippen molar-refractivity contribution in [2.75, 3.05) is 48.3 Å². The summed E-state index contributed by atoms with van der Waals surface area (Å²) in [5.74, 6) is 0.914. The molecule has 2 aromatic carbocycles. The molecule has 1 atom stereocenters. The number of hydrogen-bond donors (Lipinski definition) is 3. The zero-order valence-electron chi connectivity index (χ0n) is 25.6. The Balaban J connectivity index is 1.09. The number of nitrogens with zero attached hydrogens (tertiary/aromatic N) is 5. The Bertz CT molecular complexity index is 1420. The molecule has 10 heteroatoms. The number of rotatable bonds is 8. The fourth-order valence-corrected chi connectivity index (χ4v) is 6.99. The molecule has 1 aliphatic carbocycles. The standard InChI is InChI=1S/C34H44N8O2/c1-40(28-9-3-2-4-10-28)34(44)38-27-8-7-19-42(23-27)30-22-36-31(32(35)43)33(39-30)37-26-15-13-24(14-16-26)25-17-20-41(21-18-25)29-11-5-6-12-29/h2-4,9-10,13-16,22,25,27,29H,5-8,11-12,17-21,23H2,1H3,(H2,35,43)(H,37,39)(H,38,44). The number of primary amides is 1. The first-order valence-electron chi connectivity index (χ1n) is 16.1. The van der Waals surface area contributed by atoms with Gasteiger partial charge in [0.1, 0.15) is 5.82 Å². The second-order valence-electron chi connectivity index (χ2n) is 12.4. The van der Waals surface area contributed by atoms with E-state index in [2.05, 4.69) is 37.6 Å². The Morgan fingerprint density at radius 2 is 1.64 bits per heavy atom. The van der Waals surface area contributed by atoms with Crippen LogP contribution in [0.15, 0.2) is 60.8 Å². The first-order valence-corrected chi connectivity index (χ1v) is 16.1. The van der Waals surface area contributed by atoms with Crippen LogP contribution in [0, 0.1) is 0 Å². The first-order chi connectivity index (χ1) is 21.4. The predicted molar refractivity (Wildman–Crippen MR) is 175 cm³/mol. The van der Waals surface area contributed by atoms with Crippen molar-refractivity contribution in [2.45, 2.75) is 69.4 Å². The lowest BCUT2D eigenvalue weighted by Gasteiger charge is -2.36. The highest BCUT2D eigenvalue weighted by molar-refractivity contribution is 5.96. The molecule has 4 N–H and O–H groups in total. The van der Waals surface area contributed by atoms with Gasteiger partial charge in [-0.15, -0.1) is 0 Å². The van der Waals surface area contributed by atoms with Gasteiger partial charge in [-0.3, -0.25) is 9.69 Å². The molecule has 44 heavy (non-hydrogen) atoms. The smallest absolute Gasteiger partial charge is 0.321 e. The lowest BCUT2D eigenvalue weighted by atomic mass is 9.88. The number of nitrogens with two attached hydrogens (primary N) is 1. The largest absolute Gasteiger partial charge is 0.364 e.